The summed E-state index contributed by atoms with van der Waals surface area (Å²) in [4.78, 5) is 9.17. The lowest BCUT2D eigenvalue weighted by Crippen LogP contribution is -2.06. The van der Waals surface area contributed by atoms with Gasteiger partial charge in [-0.25, -0.2) is 9.97 Å². The molecule has 0 atom stereocenters. The Morgan fingerprint density at radius 3 is 2.71 bits per heavy atom. The van der Waals surface area contributed by atoms with Gasteiger partial charge in [0.25, 0.3) is 0 Å². The lowest BCUT2D eigenvalue weighted by Gasteiger charge is -2.11. The number of rotatable bonds is 2. The number of ether oxygens (including phenoxy) is 1. The van der Waals surface area contributed by atoms with Gasteiger partial charge in [0.2, 0.25) is 0 Å². The van der Waals surface area contributed by atoms with E-state index in [1.165, 1.54) is 6.42 Å². The van der Waals surface area contributed by atoms with Gasteiger partial charge in [0.05, 0.1) is 12.1 Å². The molecule has 0 aliphatic heterocycles. The molecule has 0 bridgehead atoms. The number of fused-ring (bicyclic) bond motifs is 1. The fraction of sp³-hybridized carbons (Fsp3) is 0.375. The summed E-state index contributed by atoms with van der Waals surface area (Å²) in [7, 11) is 1.60. The standard InChI is InChI=1S/C16H18ClN3O/c1-21-14-8-7-10(9-12(14)17)16-19-13-6-4-2-3-5-11(13)15(18)20-16/h7-9H,2-6H2,1H3,(H2,18,19,20). The van der Waals surface area contributed by atoms with Crippen LogP contribution in [0, 0.1) is 0 Å². The van der Waals surface area contributed by atoms with Crippen molar-refractivity contribution in [3.63, 3.8) is 0 Å². The Hall–Kier alpha value is -1.81. The van der Waals surface area contributed by atoms with Gasteiger partial charge in [-0.15, -0.1) is 0 Å². The van der Waals surface area contributed by atoms with E-state index in [1.54, 1.807) is 7.11 Å². The molecule has 2 aromatic rings. The van der Waals surface area contributed by atoms with Crippen molar-refractivity contribution in [2.24, 2.45) is 0 Å². The maximum atomic E-state index is 6.18. The second-order valence-electron chi connectivity index (χ2n) is 5.27. The molecule has 0 amide bonds. The molecule has 3 rings (SSSR count). The second-order valence-corrected chi connectivity index (χ2v) is 5.67. The van der Waals surface area contributed by atoms with Crippen LogP contribution in [0.5, 0.6) is 5.75 Å². The van der Waals surface area contributed by atoms with Crippen molar-refractivity contribution >= 4 is 17.4 Å². The minimum atomic E-state index is 0.548. The molecule has 1 aliphatic carbocycles. The molecule has 0 spiro atoms. The zero-order valence-corrected chi connectivity index (χ0v) is 12.8. The number of halogens is 1. The van der Waals surface area contributed by atoms with E-state index in [2.05, 4.69) is 4.98 Å². The molecule has 1 heterocycles. The summed E-state index contributed by atoms with van der Waals surface area (Å²) in [6.45, 7) is 0. The van der Waals surface area contributed by atoms with E-state index in [1.807, 2.05) is 18.2 Å². The number of hydrogen-bond donors (Lipinski definition) is 1. The predicted octanol–water partition coefficient (Wildman–Crippen LogP) is 3.66. The summed E-state index contributed by atoms with van der Waals surface area (Å²) >= 11 is 6.18. The fourth-order valence-corrected chi connectivity index (χ4v) is 2.99. The average Bonchev–Trinajstić information content (AvgIpc) is 2.72. The van der Waals surface area contributed by atoms with Crippen LogP contribution in [0.3, 0.4) is 0 Å². The second kappa shape index (κ2) is 5.90. The van der Waals surface area contributed by atoms with E-state index in [0.717, 1.165) is 42.5 Å². The van der Waals surface area contributed by atoms with Gasteiger partial charge in [-0.3, -0.25) is 0 Å². The van der Waals surface area contributed by atoms with Crippen LogP contribution in [0.15, 0.2) is 18.2 Å². The lowest BCUT2D eigenvalue weighted by molar-refractivity contribution is 0.415. The summed E-state index contributed by atoms with van der Waals surface area (Å²) in [6.07, 6.45) is 5.49. The Labute approximate surface area is 129 Å². The van der Waals surface area contributed by atoms with Crippen molar-refractivity contribution < 1.29 is 4.74 Å². The van der Waals surface area contributed by atoms with Crippen molar-refractivity contribution in [3.05, 3.63) is 34.5 Å². The molecule has 0 fully saturated rings. The first-order valence-corrected chi connectivity index (χ1v) is 7.56. The highest BCUT2D eigenvalue weighted by Crippen LogP contribution is 2.31. The number of nitrogens with two attached hydrogens (primary N) is 1. The van der Waals surface area contributed by atoms with Crippen molar-refractivity contribution in [1.82, 2.24) is 9.97 Å². The molecular weight excluding hydrogens is 286 g/mol. The van der Waals surface area contributed by atoms with Gasteiger partial charge in [-0.05, 0) is 43.9 Å². The monoisotopic (exact) mass is 303 g/mol. The molecule has 2 N–H and O–H groups in total. The summed E-state index contributed by atoms with van der Waals surface area (Å²) in [5.74, 6) is 1.88. The maximum absolute atomic E-state index is 6.18. The van der Waals surface area contributed by atoms with E-state index < -0.39 is 0 Å². The number of anilines is 1. The van der Waals surface area contributed by atoms with E-state index in [-0.39, 0.29) is 0 Å². The number of aryl methyl sites for hydroxylation is 1. The van der Waals surface area contributed by atoms with E-state index in [0.29, 0.717) is 22.4 Å². The molecule has 21 heavy (non-hydrogen) atoms. The van der Waals surface area contributed by atoms with Crippen LogP contribution < -0.4 is 10.5 Å². The zero-order valence-electron chi connectivity index (χ0n) is 12.0. The van der Waals surface area contributed by atoms with Gasteiger partial charge in [0.15, 0.2) is 5.82 Å². The molecule has 110 valence electrons. The van der Waals surface area contributed by atoms with Crippen LogP contribution in [0.4, 0.5) is 5.82 Å². The number of nitrogens with zero attached hydrogens (tertiary/aromatic N) is 2. The minimum absolute atomic E-state index is 0.548. The van der Waals surface area contributed by atoms with Gasteiger partial charge in [-0.1, -0.05) is 18.0 Å². The molecule has 0 unspecified atom stereocenters. The normalized spacial score (nSPS) is 14.4. The van der Waals surface area contributed by atoms with Crippen LogP contribution in [-0.4, -0.2) is 17.1 Å². The van der Waals surface area contributed by atoms with E-state index in [4.69, 9.17) is 27.1 Å². The van der Waals surface area contributed by atoms with Crippen molar-refractivity contribution in [2.45, 2.75) is 32.1 Å². The SMILES string of the molecule is COc1ccc(-c2nc(N)c3c(n2)CCCCC3)cc1Cl. The van der Waals surface area contributed by atoms with Gasteiger partial charge < -0.3 is 10.5 Å². The van der Waals surface area contributed by atoms with Crippen LogP contribution in [-0.2, 0) is 12.8 Å². The topological polar surface area (TPSA) is 61.0 Å². The third-order valence-corrected chi connectivity index (χ3v) is 4.17. The summed E-state index contributed by atoms with van der Waals surface area (Å²) in [5.41, 5.74) is 9.20. The Morgan fingerprint density at radius 1 is 1.14 bits per heavy atom. The quantitative estimate of drug-likeness (QED) is 0.860. The van der Waals surface area contributed by atoms with Crippen LogP contribution in [0.1, 0.15) is 30.5 Å². The predicted molar refractivity (Wildman–Crippen MR) is 84.7 cm³/mol. The third-order valence-electron chi connectivity index (χ3n) is 3.88. The minimum Gasteiger partial charge on any atom is -0.495 e. The molecular formula is C16H18ClN3O. The van der Waals surface area contributed by atoms with Gasteiger partial charge in [-0.2, -0.15) is 0 Å². The van der Waals surface area contributed by atoms with Gasteiger partial charge >= 0.3 is 0 Å². The maximum Gasteiger partial charge on any atom is 0.161 e. The van der Waals surface area contributed by atoms with Gasteiger partial charge in [0, 0.05) is 16.8 Å². The van der Waals surface area contributed by atoms with Crippen LogP contribution >= 0.6 is 11.6 Å². The Morgan fingerprint density at radius 2 is 1.95 bits per heavy atom. The summed E-state index contributed by atoms with van der Waals surface area (Å²) < 4.78 is 5.17. The van der Waals surface area contributed by atoms with E-state index >= 15 is 0 Å². The molecule has 0 saturated heterocycles. The highest BCUT2D eigenvalue weighted by Gasteiger charge is 2.16. The van der Waals surface area contributed by atoms with Crippen LogP contribution in [0.25, 0.3) is 11.4 Å². The van der Waals surface area contributed by atoms with Crippen LogP contribution in [0.2, 0.25) is 5.02 Å². The lowest BCUT2D eigenvalue weighted by atomic mass is 10.1. The molecule has 1 aliphatic rings. The first-order chi connectivity index (χ1) is 10.2. The Balaban J connectivity index is 2.05. The molecule has 4 nitrogen and oxygen atoms in total. The van der Waals surface area contributed by atoms with Crippen molar-refractivity contribution in [1.29, 1.82) is 0 Å². The molecule has 5 heteroatoms. The van der Waals surface area contributed by atoms with Crippen molar-refractivity contribution in [2.75, 3.05) is 12.8 Å². The highest BCUT2D eigenvalue weighted by atomic mass is 35.5. The number of hydrogen-bond acceptors (Lipinski definition) is 4. The van der Waals surface area contributed by atoms with Crippen molar-refractivity contribution in [3.8, 4) is 17.1 Å². The first kappa shape index (κ1) is 14.1. The van der Waals surface area contributed by atoms with Gasteiger partial charge in [0.1, 0.15) is 11.6 Å². The Bertz CT molecular complexity index is 673. The highest BCUT2D eigenvalue weighted by molar-refractivity contribution is 6.32. The molecule has 0 saturated carbocycles. The molecule has 0 radical (unpaired) electrons. The fourth-order valence-electron chi connectivity index (χ4n) is 2.73. The molecule has 1 aromatic carbocycles. The number of benzene rings is 1. The zero-order chi connectivity index (χ0) is 14.8. The largest absolute Gasteiger partial charge is 0.495 e. The first-order valence-electron chi connectivity index (χ1n) is 7.18. The summed E-state index contributed by atoms with van der Waals surface area (Å²) in [6, 6.07) is 5.55. The number of nitrogen functional groups attached to an aromatic ring is 1. The Kier molecular flexibility index (Phi) is 3.97. The molecule has 1 aromatic heterocycles. The smallest absolute Gasteiger partial charge is 0.161 e. The summed E-state index contributed by atoms with van der Waals surface area (Å²) in [5, 5.41) is 0.548. The number of aromatic nitrogens is 2. The number of methoxy groups -OCH3 is 1. The average molecular weight is 304 g/mol. The third kappa shape index (κ3) is 2.81. The van der Waals surface area contributed by atoms with E-state index in [9.17, 15) is 0 Å².